The van der Waals surface area contributed by atoms with Gasteiger partial charge in [-0.25, -0.2) is 4.79 Å². The fourth-order valence-corrected chi connectivity index (χ4v) is 2.68. The summed E-state index contributed by atoms with van der Waals surface area (Å²) in [5.41, 5.74) is 1.69. The van der Waals surface area contributed by atoms with Crippen LogP contribution in [0.1, 0.15) is 28.4 Å². The number of esters is 1. The van der Waals surface area contributed by atoms with Crippen LogP contribution in [0.3, 0.4) is 0 Å². The van der Waals surface area contributed by atoms with E-state index in [1.165, 1.54) is 10.9 Å². The predicted octanol–water partition coefficient (Wildman–Crippen LogP) is 2.10. The molecular weight excluding hydrogens is 358 g/mol. The van der Waals surface area contributed by atoms with Crippen LogP contribution in [0.2, 0.25) is 0 Å². The Morgan fingerprint density at radius 3 is 2.93 bits per heavy atom. The highest BCUT2D eigenvalue weighted by Crippen LogP contribution is 2.16. The largest absolute Gasteiger partial charge is 0.462 e. The summed E-state index contributed by atoms with van der Waals surface area (Å²) < 4.78 is 6.41. The number of nitrogens with zero attached hydrogens (tertiary/aromatic N) is 4. The summed E-state index contributed by atoms with van der Waals surface area (Å²) in [5.74, 6) is -0.553. The van der Waals surface area contributed by atoms with E-state index < -0.39 is 5.97 Å². The van der Waals surface area contributed by atoms with Crippen molar-refractivity contribution in [1.29, 1.82) is 5.26 Å². The molecule has 1 aromatic carbocycles. The van der Waals surface area contributed by atoms with Crippen LogP contribution in [0.5, 0.6) is 0 Å². The van der Waals surface area contributed by atoms with Crippen LogP contribution in [0.25, 0.3) is 0 Å². The zero-order valence-corrected chi connectivity index (χ0v) is 16.0. The Kier molecular flexibility index (Phi) is 7.48. The number of carbonyl (C=O) groups is 2. The average Bonchev–Trinajstić information content (AvgIpc) is 3.02. The van der Waals surface area contributed by atoms with Crippen LogP contribution >= 0.6 is 0 Å². The zero-order valence-electron chi connectivity index (χ0n) is 16.0. The van der Waals surface area contributed by atoms with Gasteiger partial charge in [0.2, 0.25) is 5.91 Å². The molecule has 1 heterocycles. The van der Waals surface area contributed by atoms with Crippen LogP contribution in [0.4, 0.5) is 5.82 Å². The SMILES string of the molecule is C=CCN(CC(=O)Nc1c(C(=O)OCC)cnn1C)Cc1cccc(C#N)c1. The minimum absolute atomic E-state index is 0.0796. The fraction of sp³-hybridized carbons (Fsp3) is 0.300. The first-order valence-electron chi connectivity index (χ1n) is 8.79. The number of aromatic nitrogens is 2. The highest BCUT2D eigenvalue weighted by atomic mass is 16.5. The number of amides is 1. The molecule has 8 nitrogen and oxygen atoms in total. The van der Waals surface area contributed by atoms with Crippen molar-refractivity contribution in [1.82, 2.24) is 14.7 Å². The molecule has 0 spiro atoms. The topological polar surface area (TPSA) is 100 Å². The van der Waals surface area contributed by atoms with Gasteiger partial charge in [-0.05, 0) is 24.6 Å². The van der Waals surface area contributed by atoms with E-state index in [0.29, 0.717) is 18.7 Å². The molecule has 0 saturated carbocycles. The zero-order chi connectivity index (χ0) is 20.5. The van der Waals surface area contributed by atoms with E-state index in [0.717, 1.165) is 5.56 Å². The predicted molar refractivity (Wildman–Crippen MR) is 104 cm³/mol. The van der Waals surface area contributed by atoms with Crippen molar-refractivity contribution in [3.8, 4) is 6.07 Å². The number of rotatable bonds is 9. The van der Waals surface area contributed by atoms with Gasteiger partial charge in [0.1, 0.15) is 11.4 Å². The molecule has 0 atom stereocenters. The molecule has 28 heavy (non-hydrogen) atoms. The first kappa shape index (κ1) is 20.9. The molecule has 2 rings (SSSR count). The summed E-state index contributed by atoms with van der Waals surface area (Å²) in [7, 11) is 1.63. The number of hydrogen-bond acceptors (Lipinski definition) is 6. The molecule has 0 radical (unpaired) electrons. The summed E-state index contributed by atoms with van der Waals surface area (Å²) in [4.78, 5) is 26.4. The summed E-state index contributed by atoms with van der Waals surface area (Å²) in [5, 5.41) is 15.8. The summed E-state index contributed by atoms with van der Waals surface area (Å²) in [6.45, 7) is 6.71. The Hall–Kier alpha value is -3.44. The van der Waals surface area contributed by atoms with Crippen LogP contribution in [0.15, 0.2) is 43.1 Å². The normalized spacial score (nSPS) is 10.4. The number of ether oxygens (including phenoxy) is 1. The molecule has 1 amide bonds. The average molecular weight is 381 g/mol. The fourth-order valence-electron chi connectivity index (χ4n) is 2.68. The second kappa shape index (κ2) is 10.0. The molecule has 1 aromatic heterocycles. The minimum Gasteiger partial charge on any atom is -0.462 e. The summed E-state index contributed by atoms with van der Waals surface area (Å²) in [6, 6.07) is 9.32. The first-order valence-corrected chi connectivity index (χ1v) is 8.79. The highest BCUT2D eigenvalue weighted by molar-refractivity contribution is 6.00. The van der Waals surface area contributed by atoms with Crippen molar-refractivity contribution in [3.63, 3.8) is 0 Å². The van der Waals surface area contributed by atoms with Gasteiger partial charge in [-0.1, -0.05) is 18.2 Å². The van der Waals surface area contributed by atoms with Gasteiger partial charge in [0.05, 0.1) is 31.0 Å². The maximum Gasteiger partial charge on any atom is 0.343 e. The lowest BCUT2D eigenvalue weighted by Gasteiger charge is -2.20. The second-order valence-electron chi connectivity index (χ2n) is 6.07. The Labute approximate surface area is 164 Å². The minimum atomic E-state index is -0.540. The monoisotopic (exact) mass is 381 g/mol. The Balaban J connectivity index is 2.09. The van der Waals surface area contributed by atoms with Crippen molar-refractivity contribution in [3.05, 3.63) is 59.8 Å². The van der Waals surface area contributed by atoms with Crippen molar-refractivity contribution < 1.29 is 14.3 Å². The number of hydrogen-bond donors (Lipinski definition) is 1. The van der Waals surface area contributed by atoms with Gasteiger partial charge in [-0.15, -0.1) is 6.58 Å². The van der Waals surface area contributed by atoms with Crippen molar-refractivity contribution in [2.24, 2.45) is 7.05 Å². The molecule has 0 fully saturated rings. The number of benzene rings is 1. The van der Waals surface area contributed by atoms with Crippen LogP contribution in [-0.2, 0) is 23.1 Å². The van der Waals surface area contributed by atoms with Crippen molar-refractivity contribution >= 4 is 17.7 Å². The van der Waals surface area contributed by atoms with Crippen LogP contribution in [-0.4, -0.2) is 46.3 Å². The van der Waals surface area contributed by atoms with Gasteiger partial charge in [0.15, 0.2) is 0 Å². The lowest BCUT2D eigenvalue weighted by molar-refractivity contribution is -0.117. The Morgan fingerprint density at radius 2 is 2.25 bits per heavy atom. The number of nitriles is 1. The van der Waals surface area contributed by atoms with Crippen molar-refractivity contribution in [2.75, 3.05) is 25.0 Å². The smallest absolute Gasteiger partial charge is 0.343 e. The lowest BCUT2D eigenvalue weighted by atomic mass is 10.1. The van der Waals surface area contributed by atoms with Gasteiger partial charge < -0.3 is 10.1 Å². The standard InChI is InChI=1S/C20H23N5O3/c1-4-9-25(13-16-8-6-7-15(10-16)11-21)14-18(26)23-19-17(12-22-24(19)3)20(27)28-5-2/h4,6-8,10,12H,1,5,9,13-14H2,2-3H3,(H,23,26). The molecule has 2 aromatic rings. The number of aryl methyl sites for hydroxylation is 1. The molecule has 146 valence electrons. The van der Waals surface area contributed by atoms with Crippen LogP contribution < -0.4 is 5.32 Å². The molecule has 0 saturated heterocycles. The highest BCUT2D eigenvalue weighted by Gasteiger charge is 2.20. The Morgan fingerprint density at radius 1 is 1.46 bits per heavy atom. The quantitative estimate of drug-likeness (QED) is 0.527. The van der Waals surface area contributed by atoms with Gasteiger partial charge >= 0.3 is 5.97 Å². The third-order valence-electron chi connectivity index (χ3n) is 3.91. The van der Waals surface area contributed by atoms with Gasteiger partial charge in [0.25, 0.3) is 0 Å². The van der Waals surface area contributed by atoms with Gasteiger partial charge in [0, 0.05) is 20.1 Å². The first-order chi connectivity index (χ1) is 13.5. The molecule has 8 heteroatoms. The molecule has 0 bridgehead atoms. The lowest BCUT2D eigenvalue weighted by Crippen LogP contribution is -2.33. The van der Waals surface area contributed by atoms with E-state index in [2.05, 4.69) is 23.1 Å². The maximum atomic E-state index is 12.6. The third kappa shape index (κ3) is 5.53. The summed E-state index contributed by atoms with van der Waals surface area (Å²) >= 11 is 0. The number of anilines is 1. The molecule has 1 N–H and O–H groups in total. The molecular formula is C20H23N5O3. The second-order valence-corrected chi connectivity index (χ2v) is 6.07. The van der Waals surface area contributed by atoms with E-state index in [-0.39, 0.29) is 30.4 Å². The molecule has 0 aliphatic heterocycles. The van der Waals surface area contributed by atoms with Crippen LogP contribution in [0, 0.1) is 11.3 Å². The summed E-state index contributed by atoms with van der Waals surface area (Å²) in [6.07, 6.45) is 3.07. The van der Waals surface area contributed by atoms with Crippen molar-refractivity contribution in [2.45, 2.75) is 13.5 Å². The molecule has 0 aliphatic rings. The molecule has 0 aliphatic carbocycles. The third-order valence-corrected chi connectivity index (χ3v) is 3.91. The van der Waals surface area contributed by atoms with E-state index >= 15 is 0 Å². The van der Waals surface area contributed by atoms with Gasteiger partial charge in [-0.2, -0.15) is 10.4 Å². The van der Waals surface area contributed by atoms with E-state index in [1.807, 2.05) is 11.0 Å². The number of carbonyl (C=O) groups excluding carboxylic acids is 2. The molecule has 0 unspecified atom stereocenters. The van der Waals surface area contributed by atoms with E-state index in [9.17, 15) is 9.59 Å². The maximum absolute atomic E-state index is 12.6. The van der Waals surface area contributed by atoms with E-state index in [1.54, 1.807) is 38.2 Å². The Bertz CT molecular complexity index is 897. The number of nitrogens with one attached hydrogen (secondary N) is 1. The van der Waals surface area contributed by atoms with E-state index in [4.69, 9.17) is 10.00 Å². The van der Waals surface area contributed by atoms with Gasteiger partial charge in [-0.3, -0.25) is 14.4 Å².